The fourth-order valence-corrected chi connectivity index (χ4v) is 2.32. The van der Waals surface area contributed by atoms with Gasteiger partial charge in [0.2, 0.25) is 0 Å². The third kappa shape index (κ3) is 2.57. The van der Waals surface area contributed by atoms with E-state index in [1.54, 1.807) is 0 Å². The first-order valence-electron chi connectivity index (χ1n) is 6.24. The Bertz CT molecular complexity index is 250. The maximum Gasteiger partial charge on any atom is 0.311 e. The molecule has 0 aromatic heterocycles. The van der Waals surface area contributed by atoms with E-state index >= 15 is 0 Å². The lowest BCUT2D eigenvalue weighted by atomic mass is 9.66. The minimum Gasteiger partial charge on any atom is -0.466 e. The molecule has 0 amide bonds. The van der Waals surface area contributed by atoms with Gasteiger partial charge in [0.15, 0.2) is 0 Å². The van der Waals surface area contributed by atoms with E-state index in [1.807, 2.05) is 27.7 Å². The second-order valence-electron chi connectivity index (χ2n) is 5.54. The van der Waals surface area contributed by atoms with Gasteiger partial charge >= 0.3 is 5.97 Å². The Kier molecular flexibility index (Phi) is 4.00. The Labute approximate surface area is 98.2 Å². The van der Waals surface area contributed by atoms with Gasteiger partial charge in [-0.1, -0.05) is 13.8 Å². The van der Waals surface area contributed by atoms with E-state index < -0.39 is 11.0 Å². The van der Waals surface area contributed by atoms with Crippen LogP contribution in [-0.2, 0) is 9.53 Å². The van der Waals surface area contributed by atoms with Gasteiger partial charge in [0, 0.05) is 0 Å². The zero-order valence-corrected chi connectivity index (χ0v) is 10.9. The Morgan fingerprint density at radius 1 is 1.31 bits per heavy atom. The topological polar surface area (TPSA) is 46.5 Å². The third-order valence-corrected chi connectivity index (χ3v) is 4.06. The zero-order valence-electron chi connectivity index (χ0n) is 10.9. The van der Waals surface area contributed by atoms with Crippen LogP contribution < -0.4 is 0 Å². The molecule has 0 radical (unpaired) electrons. The molecule has 0 spiro atoms. The van der Waals surface area contributed by atoms with E-state index in [9.17, 15) is 9.90 Å². The summed E-state index contributed by atoms with van der Waals surface area (Å²) in [7, 11) is 0. The molecule has 1 aliphatic carbocycles. The van der Waals surface area contributed by atoms with Crippen molar-refractivity contribution >= 4 is 5.97 Å². The van der Waals surface area contributed by atoms with Crippen LogP contribution in [0.15, 0.2) is 0 Å². The van der Waals surface area contributed by atoms with Crippen molar-refractivity contribution in [1.82, 2.24) is 0 Å². The molecule has 0 bridgehead atoms. The fourth-order valence-electron chi connectivity index (χ4n) is 2.32. The largest absolute Gasteiger partial charge is 0.466 e. The first-order valence-corrected chi connectivity index (χ1v) is 6.24. The Hall–Kier alpha value is -0.570. The highest BCUT2D eigenvalue weighted by Gasteiger charge is 2.45. The van der Waals surface area contributed by atoms with Crippen LogP contribution in [0.5, 0.6) is 0 Å². The van der Waals surface area contributed by atoms with Crippen molar-refractivity contribution < 1.29 is 14.6 Å². The normalized spacial score (nSPS) is 35.1. The number of ether oxygens (including phenoxy) is 1. The number of hydrogen-bond acceptors (Lipinski definition) is 3. The summed E-state index contributed by atoms with van der Waals surface area (Å²) >= 11 is 0. The van der Waals surface area contributed by atoms with Gasteiger partial charge < -0.3 is 9.84 Å². The van der Waals surface area contributed by atoms with Crippen molar-refractivity contribution in [3.8, 4) is 0 Å². The van der Waals surface area contributed by atoms with Gasteiger partial charge in [-0.15, -0.1) is 0 Å². The van der Waals surface area contributed by atoms with E-state index in [4.69, 9.17) is 4.74 Å². The zero-order chi connectivity index (χ0) is 12.4. The van der Waals surface area contributed by atoms with Crippen molar-refractivity contribution in [2.75, 3.05) is 6.61 Å². The lowest BCUT2D eigenvalue weighted by Gasteiger charge is -2.42. The molecular formula is C13H24O3. The molecule has 0 saturated heterocycles. The van der Waals surface area contributed by atoms with Gasteiger partial charge in [-0.05, 0) is 45.4 Å². The number of aliphatic hydroxyl groups is 1. The van der Waals surface area contributed by atoms with Gasteiger partial charge in [0.25, 0.3) is 0 Å². The Balaban J connectivity index is 2.63. The molecule has 0 unspecified atom stereocenters. The molecule has 0 atom stereocenters. The lowest BCUT2D eigenvalue weighted by molar-refractivity contribution is -0.161. The first-order chi connectivity index (χ1) is 7.34. The molecule has 1 aliphatic rings. The molecule has 1 saturated carbocycles. The summed E-state index contributed by atoms with van der Waals surface area (Å²) in [4.78, 5) is 11.8. The predicted molar refractivity (Wildman–Crippen MR) is 63.0 cm³/mol. The molecule has 0 aromatic rings. The highest BCUT2D eigenvalue weighted by molar-refractivity contribution is 5.76. The molecule has 94 valence electrons. The highest BCUT2D eigenvalue weighted by atomic mass is 16.5. The molecule has 0 aliphatic heterocycles. The SMILES string of the molecule is CCOC(=O)C1(C)CCC(O)(C(C)C)CC1. The van der Waals surface area contributed by atoms with Crippen molar-refractivity contribution in [2.24, 2.45) is 11.3 Å². The second kappa shape index (κ2) is 4.74. The molecule has 0 heterocycles. The van der Waals surface area contributed by atoms with E-state index in [-0.39, 0.29) is 11.9 Å². The number of rotatable bonds is 3. The Morgan fingerprint density at radius 3 is 2.19 bits per heavy atom. The van der Waals surface area contributed by atoms with E-state index in [2.05, 4.69) is 0 Å². The third-order valence-electron chi connectivity index (χ3n) is 4.06. The minimum absolute atomic E-state index is 0.110. The van der Waals surface area contributed by atoms with Crippen LogP contribution in [0.25, 0.3) is 0 Å². The minimum atomic E-state index is -0.591. The molecule has 1 rings (SSSR count). The summed E-state index contributed by atoms with van der Waals surface area (Å²) in [6.07, 6.45) is 2.83. The second-order valence-corrected chi connectivity index (χ2v) is 5.54. The van der Waals surface area contributed by atoms with Gasteiger partial charge in [0.05, 0.1) is 17.6 Å². The van der Waals surface area contributed by atoms with Crippen molar-refractivity contribution in [3.63, 3.8) is 0 Å². The average Bonchev–Trinajstić information content (AvgIpc) is 2.23. The first kappa shape index (κ1) is 13.5. The summed E-state index contributed by atoms with van der Waals surface area (Å²) in [6.45, 7) is 8.28. The maximum absolute atomic E-state index is 11.8. The summed E-state index contributed by atoms with van der Waals surface area (Å²) in [5, 5.41) is 10.3. The molecular weight excluding hydrogens is 204 g/mol. The fraction of sp³-hybridized carbons (Fsp3) is 0.923. The van der Waals surface area contributed by atoms with Crippen LogP contribution in [0.4, 0.5) is 0 Å². The monoisotopic (exact) mass is 228 g/mol. The number of carbonyl (C=O) groups excluding carboxylic acids is 1. The van der Waals surface area contributed by atoms with Gasteiger partial charge in [-0.3, -0.25) is 4.79 Å². The van der Waals surface area contributed by atoms with Crippen LogP contribution in [0.3, 0.4) is 0 Å². The van der Waals surface area contributed by atoms with E-state index in [1.165, 1.54) is 0 Å². The molecule has 3 heteroatoms. The number of esters is 1. The molecule has 1 fully saturated rings. The Morgan fingerprint density at radius 2 is 1.81 bits per heavy atom. The van der Waals surface area contributed by atoms with Crippen molar-refractivity contribution in [1.29, 1.82) is 0 Å². The van der Waals surface area contributed by atoms with Gasteiger partial charge in [-0.25, -0.2) is 0 Å². The van der Waals surface area contributed by atoms with Crippen molar-refractivity contribution in [3.05, 3.63) is 0 Å². The van der Waals surface area contributed by atoms with Crippen molar-refractivity contribution in [2.45, 2.75) is 59.0 Å². The van der Waals surface area contributed by atoms with Gasteiger partial charge in [-0.2, -0.15) is 0 Å². The van der Waals surface area contributed by atoms with Crippen LogP contribution in [0.2, 0.25) is 0 Å². The maximum atomic E-state index is 11.8. The van der Waals surface area contributed by atoms with Crippen LogP contribution in [0.1, 0.15) is 53.4 Å². The molecule has 16 heavy (non-hydrogen) atoms. The molecule has 3 nitrogen and oxygen atoms in total. The molecule has 0 aromatic carbocycles. The van der Waals surface area contributed by atoms with Gasteiger partial charge in [0.1, 0.15) is 0 Å². The van der Waals surface area contributed by atoms with Crippen LogP contribution in [-0.4, -0.2) is 23.3 Å². The number of hydrogen-bond donors (Lipinski definition) is 1. The van der Waals surface area contributed by atoms with Crippen LogP contribution in [0, 0.1) is 11.3 Å². The van der Waals surface area contributed by atoms with E-state index in [0.29, 0.717) is 19.4 Å². The summed E-state index contributed by atoms with van der Waals surface area (Å²) in [5.41, 5.74) is -0.983. The van der Waals surface area contributed by atoms with E-state index in [0.717, 1.165) is 12.8 Å². The standard InChI is InChI=1S/C13H24O3/c1-5-16-11(14)12(4)6-8-13(15,9-7-12)10(2)3/h10,15H,5-9H2,1-4H3. The van der Waals surface area contributed by atoms with Crippen LogP contribution >= 0.6 is 0 Å². The highest BCUT2D eigenvalue weighted by Crippen LogP contribution is 2.44. The number of carbonyl (C=O) groups is 1. The summed E-state index contributed by atoms with van der Waals surface area (Å²) < 4.78 is 5.09. The lowest BCUT2D eigenvalue weighted by Crippen LogP contribution is -2.45. The summed E-state index contributed by atoms with van der Waals surface area (Å²) in [5.74, 6) is 0.139. The average molecular weight is 228 g/mol. The smallest absolute Gasteiger partial charge is 0.311 e. The quantitative estimate of drug-likeness (QED) is 0.755. The molecule has 1 N–H and O–H groups in total. The predicted octanol–water partition coefficient (Wildman–Crippen LogP) is 2.52. The summed E-state index contributed by atoms with van der Waals surface area (Å²) in [6, 6.07) is 0.